The van der Waals surface area contributed by atoms with E-state index >= 15 is 0 Å². The molecule has 3 atom stereocenters. The zero-order valence-corrected chi connectivity index (χ0v) is 20.0. The van der Waals surface area contributed by atoms with Gasteiger partial charge in [0.1, 0.15) is 11.4 Å². The van der Waals surface area contributed by atoms with E-state index in [2.05, 4.69) is 31.1 Å². The number of rotatable bonds is 4. The van der Waals surface area contributed by atoms with Gasteiger partial charge in [0.05, 0.1) is 18.0 Å². The van der Waals surface area contributed by atoms with Gasteiger partial charge in [0.2, 0.25) is 5.91 Å². The number of halogens is 4. The number of piperidine rings is 2. The summed E-state index contributed by atoms with van der Waals surface area (Å²) >= 11 is 0. The Morgan fingerprint density at radius 3 is 2.46 bits per heavy atom. The van der Waals surface area contributed by atoms with Crippen LogP contribution < -0.4 is 16.2 Å². The Hall–Kier alpha value is -3.84. The largest absolute Gasteiger partial charge is 0.418 e. The molecule has 3 aliphatic rings. The lowest BCUT2D eigenvalue weighted by molar-refractivity contribution is -0.145. The summed E-state index contributed by atoms with van der Waals surface area (Å²) in [5.74, 6) is -2.14. The fraction of sp³-hybridized carbons (Fsp3) is 0.478. The van der Waals surface area contributed by atoms with Crippen LogP contribution in [0.15, 0.2) is 24.7 Å². The second-order valence-corrected chi connectivity index (χ2v) is 9.25. The number of anilines is 1. The summed E-state index contributed by atoms with van der Waals surface area (Å²) in [7, 11) is 0. The average Bonchev–Trinajstić information content (AvgIpc) is 2.86. The Kier molecular flexibility index (Phi) is 7.02. The number of amides is 4. The van der Waals surface area contributed by atoms with Crippen LogP contribution >= 0.6 is 0 Å². The fourth-order valence-electron chi connectivity index (χ4n) is 4.94. The molecule has 0 radical (unpaired) electrons. The first-order valence-electron chi connectivity index (χ1n) is 11.7. The smallest absolute Gasteiger partial charge is 0.309 e. The van der Waals surface area contributed by atoms with Crippen molar-refractivity contribution in [2.75, 3.05) is 11.9 Å². The molecule has 1 saturated carbocycles. The summed E-state index contributed by atoms with van der Waals surface area (Å²) < 4.78 is 54.0. The summed E-state index contributed by atoms with van der Waals surface area (Å²) in [6.45, 7) is 3.85. The van der Waals surface area contributed by atoms with E-state index < -0.39 is 52.3 Å². The zero-order valence-electron chi connectivity index (χ0n) is 20.0. The zero-order chi connectivity index (χ0) is 27.0. The van der Waals surface area contributed by atoms with Gasteiger partial charge in [0.25, 0.3) is 5.91 Å². The standard InChI is InChI=1S/C23H25F4N7O3/c1-3-18(35)32-33-20(36)22-5-4-13(12(2)7-22)11-34(22)21(37)31-17-6-15(16(10-28-17)23(25,26)27)19-29-8-14(24)9-30-19/h6,8-10,12-13H,3-5,7,11H2,1-2H3,(H,32,35)(H,33,36)(H,28,31,37). The third kappa shape index (κ3) is 5.18. The summed E-state index contributed by atoms with van der Waals surface area (Å²) in [6, 6.07) is 0.222. The molecule has 2 aliphatic heterocycles. The summed E-state index contributed by atoms with van der Waals surface area (Å²) in [4.78, 5) is 50.5. The molecule has 3 fully saturated rings. The second-order valence-electron chi connectivity index (χ2n) is 9.25. The van der Waals surface area contributed by atoms with E-state index in [1.807, 2.05) is 6.92 Å². The molecular weight excluding hydrogens is 498 g/mol. The lowest BCUT2D eigenvalue weighted by atomic mass is 9.65. The summed E-state index contributed by atoms with van der Waals surface area (Å²) in [5, 5.41) is 2.48. The van der Waals surface area contributed by atoms with Crippen molar-refractivity contribution >= 4 is 23.7 Å². The number of fused-ring (bicyclic) bond motifs is 3. The highest BCUT2D eigenvalue weighted by Gasteiger charge is 2.56. The van der Waals surface area contributed by atoms with Crippen LogP contribution in [-0.2, 0) is 15.8 Å². The van der Waals surface area contributed by atoms with Crippen molar-refractivity contribution in [3.05, 3.63) is 36.0 Å². The monoisotopic (exact) mass is 523 g/mol. The first-order valence-corrected chi connectivity index (χ1v) is 11.7. The predicted molar refractivity (Wildman–Crippen MR) is 122 cm³/mol. The molecule has 0 aromatic carbocycles. The van der Waals surface area contributed by atoms with Gasteiger partial charge in [-0.2, -0.15) is 13.2 Å². The maximum Gasteiger partial charge on any atom is 0.418 e. The number of urea groups is 1. The lowest BCUT2D eigenvalue weighted by Crippen LogP contribution is -2.70. The second kappa shape index (κ2) is 9.90. The van der Waals surface area contributed by atoms with Crippen molar-refractivity contribution in [3.8, 4) is 11.4 Å². The molecular formula is C23H25F4N7O3. The molecule has 1 aliphatic carbocycles. The Morgan fingerprint density at radius 1 is 1.14 bits per heavy atom. The molecule has 14 heteroatoms. The van der Waals surface area contributed by atoms with E-state index in [0.717, 1.165) is 18.5 Å². The number of alkyl halides is 3. The quantitative estimate of drug-likeness (QED) is 0.417. The van der Waals surface area contributed by atoms with Crippen molar-refractivity contribution in [1.82, 2.24) is 30.7 Å². The third-order valence-corrected chi connectivity index (χ3v) is 6.94. The maximum atomic E-state index is 13.6. The number of pyridine rings is 1. The molecule has 4 amide bonds. The van der Waals surface area contributed by atoms with Crippen LogP contribution in [0.4, 0.5) is 28.2 Å². The minimum atomic E-state index is -4.81. The number of hydrogen-bond donors (Lipinski definition) is 3. The van der Waals surface area contributed by atoms with Gasteiger partial charge >= 0.3 is 12.2 Å². The molecule has 2 saturated heterocycles. The number of nitrogens with one attached hydrogen (secondary N) is 3. The van der Waals surface area contributed by atoms with Crippen LogP contribution in [0.3, 0.4) is 0 Å². The number of aromatic nitrogens is 3. The van der Waals surface area contributed by atoms with Crippen LogP contribution in [0.5, 0.6) is 0 Å². The van der Waals surface area contributed by atoms with Crippen LogP contribution in [-0.4, -0.2) is 49.8 Å². The number of hydrazine groups is 1. The Morgan fingerprint density at radius 2 is 1.84 bits per heavy atom. The maximum absolute atomic E-state index is 13.6. The van der Waals surface area contributed by atoms with Crippen molar-refractivity contribution in [2.24, 2.45) is 11.8 Å². The molecule has 0 spiro atoms. The minimum Gasteiger partial charge on any atom is -0.309 e. The van der Waals surface area contributed by atoms with Gasteiger partial charge < -0.3 is 4.90 Å². The highest BCUT2D eigenvalue weighted by Crippen LogP contribution is 2.46. The average molecular weight is 523 g/mol. The van der Waals surface area contributed by atoms with E-state index in [9.17, 15) is 31.9 Å². The molecule has 2 aromatic rings. The first kappa shape index (κ1) is 26.2. The molecule has 3 N–H and O–H groups in total. The molecule has 5 rings (SSSR count). The highest BCUT2D eigenvalue weighted by molar-refractivity contribution is 5.97. The molecule has 2 aromatic heterocycles. The van der Waals surface area contributed by atoms with Gasteiger partial charge in [-0.15, -0.1) is 0 Å². The molecule has 10 nitrogen and oxygen atoms in total. The normalized spacial score (nSPS) is 22.9. The highest BCUT2D eigenvalue weighted by atomic mass is 19.4. The van der Waals surface area contributed by atoms with Crippen LogP contribution in [0.25, 0.3) is 11.4 Å². The summed E-state index contributed by atoms with van der Waals surface area (Å²) in [6.07, 6.45) is -1.26. The summed E-state index contributed by atoms with van der Waals surface area (Å²) in [5.41, 5.74) is 1.81. The third-order valence-electron chi connectivity index (χ3n) is 6.94. The van der Waals surface area contributed by atoms with E-state index in [4.69, 9.17) is 0 Å². The molecule has 4 heterocycles. The predicted octanol–water partition coefficient (Wildman–Crippen LogP) is 3.28. The number of hydrogen-bond acceptors (Lipinski definition) is 6. The van der Waals surface area contributed by atoms with Crippen molar-refractivity contribution in [1.29, 1.82) is 0 Å². The molecule has 2 bridgehead atoms. The molecule has 3 unspecified atom stereocenters. The lowest BCUT2D eigenvalue weighted by Gasteiger charge is -2.55. The molecule has 37 heavy (non-hydrogen) atoms. The SMILES string of the molecule is CCC(=O)NNC(=O)C12CCC(CN1C(=O)Nc1cc(-c3ncc(F)cn3)c(C(F)(F)F)cn1)C(C)C2. The Balaban J connectivity index is 1.62. The van der Waals surface area contributed by atoms with E-state index in [1.54, 1.807) is 6.92 Å². The number of carbonyl (C=O) groups is 3. The van der Waals surface area contributed by atoms with Crippen LogP contribution in [0.1, 0.15) is 45.1 Å². The van der Waals surface area contributed by atoms with Crippen LogP contribution in [0, 0.1) is 17.7 Å². The Bertz CT molecular complexity index is 1210. The number of nitrogens with zero attached hydrogens (tertiary/aromatic N) is 4. The molecule has 198 valence electrons. The van der Waals surface area contributed by atoms with Gasteiger partial charge in [-0.25, -0.2) is 24.1 Å². The van der Waals surface area contributed by atoms with E-state index in [-0.39, 0.29) is 30.6 Å². The fourth-order valence-corrected chi connectivity index (χ4v) is 4.94. The number of carbonyl (C=O) groups excluding carboxylic acids is 3. The Labute approximate surface area is 209 Å². The van der Waals surface area contributed by atoms with E-state index in [0.29, 0.717) is 25.5 Å². The van der Waals surface area contributed by atoms with Crippen LogP contribution in [0.2, 0.25) is 0 Å². The van der Waals surface area contributed by atoms with Crippen molar-refractivity contribution in [3.63, 3.8) is 0 Å². The van der Waals surface area contributed by atoms with E-state index in [1.165, 1.54) is 4.90 Å². The van der Waals surface area contributed by atoms with Gasteiger partial charge in [-0.3, -0.25) is 25.8 Å². The van der Waals surface area contributed by atoms with Gasteiger partial charge in [-0.1, -0.05) is 13.8 Å². The van der Waals surface area contributed by atoms with Gasteiger partial charge in [-0.05, 0) is 37.2 Å². The van der Waals surface area contributed by atoms with Crippen molar-refractivity contribution < 1.29 is 31.9 Å². The topological polar surface area (TPSA) is 129 Å². The van der Waals surface area contributed by atoms with Crippen molar-refractivity contribution in [2.45, 2.75) is 51.2 Å². The van der Waals surface area contributed by atoms with Gasteiger partial charge in [0, 0.05) is 24.7 Å². The first-order chi connectivity index (χ1) is 17.4. The minimum absolute atomic E-state index is 0.134. The van der Waals surface area contributed by atoms with Gasteiger partial charge in [0.15, 0.2) is 11.6 Å².